The minimum atomic E-state index is 0.445. The number of hydrogen-bond donors (Lipinski definition) is 1. The van der Waals surface area contributed by atoms with Gasteiger partial charge in [0.15, 0.2) is 0 Å². The molecule has 2 heterocycles. The number of aromatic nitrogens is 2. The molecule has 0 amide bonds. The molecule has 3 rings (SSSR count). The smallest absolute Gasteiger partial charge is 0.318 e. The second-order valence-corrected chi connectivity index (χ2v) is 6.08. The Kier molecular flexibility index (Phi) is 5.81. The van der Waals surface area contributed by atoms with Crippen LogP contribution in [0.3, 0.4) is 0 Å². The van der Waals surface area contributed by atoms with E-state index >= 15 is 0 Å². The maximum absolute atomic E-state index is 8.84. The van der Waals surface area contributed by atoms with Gasteiger partial charge in [-0.2, -0.15) is 10.2 Å². The van der Waals surface area contributed by atoms with E-state index in [1.165, 1.54) is 5.56 Å². The fraction of sp³-hybridized carbons (Fsp3) is 0.421. The van der Waals surface area contributed by atoms with Gasteiger partial charge in [0.25, 0.3) is 0 Å². The van der Waals surface area contributed by atoms with Gasteiger partial charge in [0, 0.05) is 31.9 Å². The van der Waals surface area contributed by atoms with E-state index in [2.05, 4.69) is 26.3 Å². The van der Waals surface area contributed by atoms with E-state index in [1.807, 2.05) is 37.3 Å². The first-order valence-corrected chi connectivity index (χ1v) is 8.71. The molecule has 1 aromatic heterocycles. The molecule has 0 spiro atoms. The molecule has 0 aliphatic carbocycles. The Labute approximate surface area is 148 Å². The van der Waals surface area contributed by atoms with Crippen molar-refractivity contribution in [2.45, 2.75) is 32.4 Å². The summed E-state index contributed by atoms with van der Waals surface area (Å²) < 4.78 is 5.38. The van der Waals surface area contributed by atoms with Crippen molar-refractivity contribution >= 4 is 5.82 Å². The number of piperidine rings is 1. The van der Waals surface area contributed by atoms with Crippen LogP contribution >= 0.6 is 0 Å². The second kappa shape index (κ2) is 8.45. The Bertz CT molecular complexity index is 717. The highest BCUT2D eigenvalue weighted by atomic mass is 16.5. The number of ether oxygens (including phenoxy) is 1. The zero-order valence-electron chi connectivity index (χ0n) is 14.5. The van der Waals surface area contributed by atoms with Crippen molar-refractivity contribution in [2.75, 3.05) is 24.6 Å². The first-order valence-electron chi connectivity index (χ1n) is 8.71. The Morgan fingerprint density at radius 3 is 2.68 bits per heavy atom. The van der Waals surface area contributed by atoms with Crippen LogP contribution in [0, 0.1) is 11.3 Å². The Morgan fingerprint density at radius 2 is 2.00 bits per heavy atom. The lowest BCUT2D eigenvalue weighted by Crippen LogP contribution is -2.42. The lowest BCUT2D eigenvalue weighted by molar-refractivity contribution is 0.312. The average Bonchev–Trinajstić information content (AvgIpc) is 2.68. The molecule has 0 saturated carbocycles. The molecule has 130 valence electrons. The number of hydrogen-bond acceptors (Lipinski definition) is 6. The summed E-state index contributed by atoms with van der Waals surface area (Å²) in [7, 11) is 0. The topological polar surface area (TPSA) is 74.1 Å². The van der Waals surface area contributed by atoms with E-state index in [1.54, 1.807) is 6.20 Å². The average molecular weight is 337 g/mol. The van der Waals surface area contributed by atoms with E-state index in [4.69, 9.17) is 10.00 Å². The first-order chi connectivity index (χ1) is 12.3. The molecular weight excluding hydrogens is 314 g/mol. The molecule has 25 heavy (non-hydrogen) atoms. The van der Waals surface area contributed by atoms with Gasteiger partial charge in [-0.3, -0.25) is 0 Å². The number of nitrogens with zero attached hydrogens (tertiary/aromatic N) is 4. The highest BCUT2D eigenvalue weighted by Gasteiger charge is 2.20. The third-order valence-corrected chi connectivity index (χ3v) is 4.39. The standard InChI is InChI=1S/C19H23N5O/c1-2-25-19-21-10-7-18(23-19)24-11-8-17(9-12-24)22-14-16-5-3-15(13-20)4-6-16/h3-7,10,17,22H,2,8-9,11-12,14H2,1H3. The minimum absolute atomic E-state index is 0.445. The summed E-state index contributed by atoms with van der Waals surface area (Å²) in [4.78, 5) is 10.9. The third-order valence-electron chi connectivity index (χ3n) is 4.39. The van der Waals surface area contributed by atoms with Gasteiger partial charge in [-0.15, -0.1) is 0 Å². The monoisotopic (exact) mass is 337 g/mol. The van der Waals surface area contributed by atoms with Crippen molar-refractivity contribution in [3.8, 4) is 12.1 Å². The number of anilines is 1. The molecule has 1 aliphatic heterocycles. The van der Waals surface area contributed by atoms with E-state index in [0.29, 0.717) is 24.2 Å². The van der Waals surface area contributed by atoms with Crippen LogP contribution in [-0.2, 0) is 6.54 Å². The lowest BCUT2D eigenvalue weighted by Gasteiger charge is -2.33. The van der Waals surface area contributed by atoms with Gasteiger partial charge in [0.2, 0.25) is 0 Å². The predicted octanol–water partition coefficient (Wildman–Crippen LogP) is 2.51. The molecule has 6 nitrogen and oxygen atoms in total. The van der Waals surface area contributed by atoms with Gasteiger partial charge in [0.1, 0.15) is 5.82 Å². The molecule has 1 aliphatic rings. The van der Waals surface area contributed by atoms with E-state index < -0.39 is 0 Å². The van der Waals surface area contributed by atoms with Crippen molar-refractivity contribution in [2.24, 2.45) is 0 Å². The van der Waals surface area contributed by atoms with Crippen LogP contribution in [-0.4, -0.2) is 35.7 Å². The highest BCUT2D eigenvalue weighted by Crippen LogP contribution is 2.19. The first kappa shape index (κ1) is 17.2. The third kappa shape index (κ3) is 4.68. The molecule has 0 bridgehead atoms. The normalized spacial score (nSPS) is 15.0. The number of nitriles is 1. The molecule has 1 aromatic carbocycles. The Hall–Kier alpha value is -2.65. The number of benzene rings is 1. The van der Waals surface area contributed by atoms with Gasteiger partial charge in [-0.05, 0) is 43.5 Å². The fourth-order valence-electron chi connectivity index (χ4n) is 2.98. The SMILES string of the molecule is CCOc1nccc(N2CCC(NCc3ccc(C#N)cc3)CC2)n1. The molecular formula is C19H23N5O. The van der Waals surface area contributed by atoms with Gasteiger partial charge in [-0.25, -0.2) is 4.98 Å². The van der Waals surface area contributed by atoms with Crippen LogP contribution in [0.1, 0.15) is 30.9 Å². The van der Waals surface area contributed by atoms with Crippen molar-refractivity contribution in [1.82, 2.24) is 15.3 Å². The predicted molar refractivity (Wildman–Crippen MR) is 96.4 cm³/mol. The summed E-state index contributed by atoms with van der Waals surface area (Å²) >= 11 is 0. The molecule has 1 N–H and O–H groups in total. The second-order valence-electron chi connectivity index (χ2n) is 6.08. The Balaban J connectivity index is 1.48. The minimum Gasteiger partial charge on any atom is -0.464 e. The van der Waals surface area contributed by atoms with Gasteiger partial charge >= 0.3 is 6.01 Å². The quantitative estimate of drug-likeness (QED) is 0.873. The number of rotatable bonds is 6. The largest absolute Gasteiger partial charge is 0.464 e. The van der Waals surface area contributed by atoms with Gasteiger partial charge in [-0.1, -0.05) is 12.1 Å². The van der Waals surface area contributed by atoms with Crippen LogP contribution in [0.25, 0.3) is 0 Å². The Morgan fingerprint density at radius 1 is 1.24 bits per heavy atom. The van der Waals surface area contributed by atoms with E-state index in [0.717, 1.165) is 38.3 Å². The molecule has 0 radical (unpaired) electrons. The zero-order valence-corrected chi connectivity index (χ0v) is 14.5. The summed E-state index contributed by atoms with van der Waals surface area (Å²) in [5, 5.41) is 12.5. The van der Waals surface area contributed by atoms with Crippen LogP contribution < -0.4 is 15.0 Å². The van der Waals surface area contributed by atoms with E-state index in [-0.39, 0.29) is 0 Å². The summed E-state index contributed by atoms with van der Waals surface area (Å²) in [6, 6.07) is 12.8. The van der Waals surface area contributed by atoms with Crippen molar-refractivity contribution in [3.05, 3.63) is 47.7 Å². The lowest BCUT2D eigenvalue weighted by atomic mass is 10.0. The zero-order chi connectivity index (χ0) is 17.5. The van der Waals surface area contributed by atoms with Crippen LogP contribution in [0.5, 0.6) is 6.01 Å². The summed E-state index contributed by atoms with van der Waals surface area (Å²) in [6.45, 7) is 5.27. The molecule has 0 atom stereocenters. The van der Waals surface area contributed by atoms with Crippen LogP contribution in [0.4, 0.5) is 5.82 Å². The maximum Gasteiger partial charge on any atom is 0.318 e. The molecule has 2 aromatic rings. The van der Waals surface area contributed by atoms with Crippen molar-refractivity contribution < 1.29 is 4.74 Å². The molecule has 1 saturated heterocycles. The molecule has 0 unspecified atom stereocenters. The molecule has 6 heteroatoms. The van der Waals surface area contributed by atoms with Crippen LogP contribution in [0.2, 0.25) is 0 Å². The van der Waals surface area contributed by atoms with E-state index in [9.17, 15) is 0 Å². The van der Waals surface area contributed by atoms with Crippen molar-refractivity contribution in [1.29, 1.82) is 5.26 Å². The van der Waals surface area contributed by atoms with Gasteiger partial charge in [0.05, 0.1) is 18.2 Å². The fourth-order valence-corrected chi connectivity index (χ4v) is 2.98. The van der Waals surface area contributed by atoms with Crippen LogP contribution in [0.15, 0.2) is 36.5 Å². The molecule has 1 fully saturated rings. The highest BCUT2D eigenvalue weighted by molar-refractivity contribution is 5.39. The maximum atomic E-state index is 8.84. The number of nitrogens with one attached hydrogen (secondary N) is 1. The van der Waals surface area contributed by atoms with Gasteiger partial charge < -0.3 is 15.0 Å². The summed E-state index contributed by atoms with van der Waals surface area (Å²) in [6.07, 6.45) is 3.90. The summed E-state index contributed by atoms with van der Waals surface area (Å²) in [5.41, 5.74) is 1.91. The van der Waals surface area contributed by atoms with Crippen molar-refractivity contribution in [3.63, 3.8) is 0 Å². The summed E-state index contributed by atoms with van der Waals surface area (Å²) in [5.74, 6) is 0.934.